The van der Waals surface area contributed by atoms with E-state index in [1.165, 1.54) is 6.07 Å². The largest absolute Gasteiger partial charge is 0.207 e. The first-order valence-corrected chi connectivity index (χ1v) is 4.59. The van der Waals surface area contributed by atoms with Gasteiger partial charge in [-0.25, -0.2) is 4.39 Å². The second-order valence-corrected chi connectivity index (χ2v) is 3.13. The summed E-state index contributed by atoms with van der Waals surface area (Å²) in [5, 5.41) is 0. The molecule has 0 bridgehead atoms. The lowest BCUT2D eigenvalue weighted by atomic mass is 10.1. The number of halogens is 1. The lowest BCUT2D eigenvalue weighted by Gasteiger charge is -2.01. The highest BCUT2D eigenvalue weighted by Gasteiger charge is 1.98. The lowest BCUT2D eigenvalue weighted by Crippen LogP contribution is -1.88. The molecule has 0 aliphatic rings. The van der Waals surface area contributed by atoms with Crippen LogP contribution in [0.1, 0.15) is 30.9 Å². The highest BCUT2D eigenvalue weighted by Crippen LogP contribution is 2.11. The number of hydrogen-bond acceptors (Lipinski definition) is 0. The minimum atomic E-state index is -0.195. The third-order valence-electron chi connectivity index (χ3n) is 1.98. The predicted molar refractivity (Wildman–Crippen MR) is 53.0 cm³/mol. The van der Waals surface area contributed by atoms with Gasteiger partial charge in [0.15, 0.2) is 0 Å². The van der Waals surface area contributed by atoms with E-state index in [1.807, 2.05) is 6.07 Å². The molecule has 0 heterocycles. The first-order valence-electron chi connectivity index (χ1n) is 4.59. The van der Waals surface area contributed by atoms with E-state index in [0.717, 1.165) is 30.4 Å². The number of rotatable bonds is 4. The van der Waals surface area contributed by atoms with E-state index in [-0.39, 0.29) is 5.82 Å². The third kappa shape index (κ3) is 3.02. The molecule has 1 radical (unpaired) electrons. The van der Waals surface area contributed by atoms with E-state index < -0.39 is 0 Å². The molecule has 1 heteroatoms. The van der Waals surface area contributed by atoms with Gasteiger partial charge >= 0.3 is 0 Å². The Morgan fingerprint density at radius 1 is 1.38 bits per heavy atom. The molecule has 0 aliphatic carbocycles. The van der Waals surface area contributed by atoms with Gasteiger partial charge in [-0.05, 0) is 42.2 Å². The van der Waals surface area contributed by atoms with Crippen molar-refractivity contribution in [2.24, 2.45) is 0 Å². The molecule has 1 aromatic rings. The van der Waals surface area contributed by atoms with Crippen LogP contribution in [0.15, 0.2) is 24.8 Å². The van der Waals surface area contributed by atoms with Crippen molar-refractivity contribution in [3.63, 3.8) is 0 Å². The first kappa shape index (κ1) is 9.97. The summed E-state index contributed by atoms with van der Waals surface area (Å²) in [5.74, 6) is -0.195. The molecule has 1 aromatic carbocycles. The van der Waals surface area contributed by atoms with Crippen LogP contribution < -0.4 is 0 Å². The van der Waals surface area contributed by atoms with Crippen LogP contribution >= 0.6 is 0 Å². The molecule has 1 rings (SSSR count). The highest BCUT2D eigenvalue weighted by atomic mass is 19.1. The fourth-order valence-electron chi connectivity index (χ4n) is 1.28. The van der Waals surface area contributed by atoms with E-state index in [9.17, 15) is 4.39 Å². The molecule has 0 spiro atoms. The molecule has 0 atom stereocenters. The second kappa shape index (κ2) is 4.80. The van der Waals surface area contributed by atoms with Gasteiger partial charge in [-0.15, -0.1) is 0 Å². The molecule has 0 aromatic heterocycles. The van der Waals surface area contributed by atoms with E-state index in [0.29, 0.717) is 0 Å². The monoisotopic (exact) mass is 177 g/mol. The van der Waals surface area contributed by atoms with Crippen LogP contribution in [0.25, 0.3) is 0 Å². The Labute approximate surface area is 79.1 Å². The van der Waals surface area contributed by atoms with E-state index in [4.69, 9.17) is 0 Å². The van der Waals surface area contributed by atoms with Crippen LogP contribution in [-0.4, -0.2) is 0 Å². The molecule has 13 heavy (non-hydrogen) atoms. The summed E-state index contributed by atoms with van der Waals surface area (Å²) in [7, 11) is 0. The van der Waals surface area contributed by atoms with Gasteiger partial charge in [0.25, 0.3) is 0 Å². The minimum Gasteiger partial charge on any atom is -0.207 e. The van der Waals surface area contributed by atoms with Gasteiger partial charge in [0.05, 0.1) is 0 Å². The molecule has 0 fully saturated rings. The zero-order valence-electron chi connectivity index (χ0n) is 7.94. The molecule has 0 amide bonds. The second-order valence-electron chi connectivity index (χ2n) is 3.13. The Morgan fingerprint density at radius 2 is 2.15 bits per heavy atom. The van der Waals surface area contributed by atoms with Crippen LogP contribution in [0.5, 0.6) is 0 Å². The van der Waals surface area contributed by atoms with Crippen molar-refractivity contribution in [3.8, 4) is 0 Å². The van der Waals surface area contributed by atoms with Crippen LogP contribution in [0.4, 0.5) is 4.39 Å². The summed E-state index contributed by atoms with van der Waals surface area (Å²) in [6, 6.07) is 4.96. The lowest BCUT2D eigenvalue weighted by molar-refractivity contribution is 0.623. The molecule has 0 N–H and O–H groups in total. The van der Waals surface area contributed by atoms with Crippen molar-refractivity contribution < 1.29 is 4.39 Å². The topological polar surface area (TPSA) is 0 Å². The third-order valence-corrected chi connectivity index (χ3v) is 1.98. The highest BCUT2D eigenvalue weighted by molar-refractivity contribution is 5.28. The standard InChI is InChI=1S/C12H14F/c1-3-5-6-11-7-10(4-2)8-12(13)9-11/h7-9H,2-3,5-6H2,1H3. The Hall–Kier alpha value is -1.11. The molecule has 0 saturated carbocycles. The summed E-state index contributed by atoms with van der Waals surface area (Å²) >= 11 is 0. The first-order chi connectivity index (χ1) is 6.26. The average Bonchev–Trinajstić information content (AvgIpc) is 2.14. The number of unbranched alkanes of at least 4 members (excludes halogenated alkanes) is 1. The van der Waals surface area contributed by atoms with E-state index in [2.05, 4.69) is 19.6 Å². The number of aryl methyl sites for hydroxylation is 1. The SMILES string of the molecule is C=[C]c1cc(F)cc(CCCC)c1. The molecule has 0 nitrogen and oxygen atoms in total. The van der Waals surface area contributed by atoms with E-state index >= 15 is 0 Å². The van der Waals surface area contributed by atoms with Crippen molar-refractivity contribution in [1.82, 2.24) is 0 Å². The number of benzene rings is 1. The predicted octanol–water partition coefficient (Wildman–Crippen LogP) is 3.51. The normalized spacial score (nSPS) is 10.0. The van der Waals surface area contributed by atoms with Gasteiger partial charge in [-0.1, -0.05) is 26.0 Å². The maximum Gasteiger partial charge on any atom is 0.124 e. The summed E-state index contributed by atoms with van der Waals surface area (Å²) in [6.07, 6.45) is 5.85. The molecular formula is C12H14F. The zero-order valence-corrected chi connectivity index (χ0v) is 7.94. The van der Waals surface area contributed by atoms with Gasteiger partial charge < -0.3 is 0 Å². The summed E-state index contributed by atoms with van der Waals surface area (Å²) in [6.45, 7) is 5.63. The molecule has 69 valence electrons. The Bertz CT molecular complexity index is 289. The van der Waals surface area contributed by atoms with Crippen molar-refractivity contribution >= 4 is 0 Å². The van der Waals surface area contributed by atoms with Crippen LogP contribution in [-0.2, 0) is 6.42 Å². The van der Waals surface area contributed by atoms with E-state index in [1.54, 1.807) is 6.07 Å². The minimum absolute atomic E-state index is 0.195. The number of hydrogen-bond donors (Lipinski definition) is 0. The van der Waals surface area contributed by atoms with Crippen molar-refractivity contribution in [3.05, 3.63) is 47.8 Å². The van der Waals surface area contributed by atoms with Gasteiger partial charge in [0.2, 0.25) is 0 Å². The van der Waals surface area contributed by atoms with Crippen molar-refractivity contribution in [2.45, 2.75) is 26.2 Å². The summed E-state index contributed by atoms with van der Waals surface area (Å²) in [5.41, 5.74) is 1.78. The van der Waals surface area contributed by atoms with Gasteiger partial charge in [0, 0.05) is 0 Å². The van der Waals surface area contributed by atoms with Crippen LogP contribution in [0.2, 0.25) is 0 Å². The maximum absolute atomic E-state index is 13.0. The fraction of sp³-hybridized carbons (Fsp3) is 0.333. The summed E-state index contributed by atoms with van der Waals surface area (Å²) in [4.78, 5) is 0. The van der Waals surface area contributed by atoms with Crippen LogP contribution in [0.3, 0.4) is 0 Å². The quantitative estimate of drug-likeness (QED) is 0.660. The molecule has 0 saturated heterocycles. The maximum atomic E-state index is 13.0. The Kier molecular flexibility index (Phi) is 3.69. The average molecular weight is 177 g/mol. The van der Waals surface area contributed by atoms with Gasteiger partial charge in [0.1, 0.15) is 5.82 Å². The zero-order chi connectivity index (χ0) is 9.68. The fourth-order valence-corrected chi connectivity index (χ4v) is 1.28. The smallest absolute Gasteiger partial charge is 0.124 e. The van der Waals surface area contributed by atoms with Crippen LogP contribution in [0, 0.1) is 11.9 Å². The Morgan fingerprint density at radius 3 is 2.77 bits per heavy atom. The van der Waals surface area contributed by atoms with Gasteiger partial charge in [-0.3, -0.25) is 0 Å². The van der Waals surface area contributed by atoms with Gasteiger partial charge in [-0.2, -0.15) is 0 Å². The molecule has 0 unspecified atom stereocenters. The molecular weight excluding hydrogens is 163 g/mol. The summed E-state index contributed by atoms with van der Waals surface area (Å²) < 4.78 is 13.0. The Balaban J connectivity index is 2.81. The molecule has 0 aliphatic heterocycles. The van der Waals surface area contributed by atoms with Crippen molar-refractivity contribution in [2.75, 3.05) is 0 Å². The van der Waals surface area contributed by atoms with Crippen molar-refractivity contribution in [1.29, 1.82) is 0 Å².